The number of benzene rings is 1. The van der Waals surface area contributed by atoms with E-state index < -0.39 is 41.6 Å². The Bertz CT molecular complexity index is 934. The molecule has 208 valence electrons. The predicted octanol–water partition coefficient (Wildman–Crippen LogP) is 4.05. The summed E-state index contributed by atoms with van der Waals surface area (Å²) in [6, 6.07) is 3.25. The summed E-state index contributed by atoms with van der Waals surface area (Å²) in [5.74, 6) is -1.40. The van der Waals surface area contributed by atoms with Crippen LogP contribution in [0.25, 0.3) is 0 Å². The molecule has 0 aliphatic heterocycles. The summed E-state index contributed by atoms with van der Waals surface area (Å²) in [7, 11) is 0. The van der Waals surface area contributed by atoms with Crippen LogP contribution in [0, 0.1) is 13.8 Å². The van der Waals surface area contributed by atoms with Crippen molar-refractivity contribution in [3.63, 3.8) is 0 Å². The van der Waals surface area contributed by atoms with Crippen LogP contribution in [-0.2, 0) is 19.1 Å². The first-order valence-electron chi connectivity index (χ1n) is 13.0. The molecule has 37 heavy (non-hydrogen) atoms. The van der Waals surface area contributed by atoms with Gasteiger partial charge < -0.3 is 26.0 Å². The Labute approximate surface area is 221 Å². The number of amides is 4. The standard InChI is InChI=1S/C28H46N4O5/c1-10-11-20(6)30-25(34)24(21-15-18(4)14-19(5)16-21)32(17(2)3)26(35)22(12-13-23(29)33)31-27(36)37-28(7,8)9/h14-17,20,22,24H,10-13H2,1-9H3,(H2,29,33)(H,30,34)(H,31,36). The maximum Gasteiger partial charge on any atom is 0.408 e. The number of rotatable bonds is 12. The van der Waals surface area contributed by atoms with E-state index in [0.29, 0.717) is 5.56 Å². The van der Waals surface area contributed by atoms with Crippen molar-refractivity contribution >= 4 is 23.8 Å². The van der Waals surface area contributed by atoms with Crippen molar-refractivity contribution in [2.24, 2.45) is 5.73 Å². The molecule has 0 aliphatic carbocycles. The maximum absolute atomic E-state index is 14.0. The Hall–Kier alpha value is -3.10. The zero-order valence-electron chi connectivity index (χ0n) is 23.9. The minimum Gasteiger partial charge on any atom is -0.444 e. The lowest BCUT2D eigenvalue weighted by Crippen LogP contribution is -2.55. The molecule has 0 aliphatic rings. The van der Waals surface area contributed by atoms with Gasteiger partial charge in [-0.25, -0.2) is 4.79 Å². The smallest absolute Gasteiger partial charge is 0.408 e. The van der Waals surface area contributed by atoms with Crippen LogP contribution >= 0.6 is 0 Å². The molecule has 0 saturated heterocycles. The largest absolute Gasteiger partial charge is 0.444 e. The topological polar surface area (TPSA) is 131 Å². The molecule has 4 N–H and O–H groups in total. The van der Waals surface area contributed by atoms with E-state index in [-0.39, 0.29) is 24.8 Å². The molecule has 0 bridgehead atoms. The number of nitrogens with one attached hydrogen (secondary N) is 2. The zero-order valence-corrected chi connectivity index (χ0v) is 23.9. The summed E-state index contributed by atoms with van der Waals surface area (Å²) in [5, 5.41) is 5.65. The number of nitrogens with two attached hydrogens (primary N) is 1. The first-order chi connectivity index (χ1) is 17.0. The van der Waals surface area contributed by atoms with Gasteiger partial charge in [0.2, 0.25) is 17.7 Å². The second-order valence-corrected chi connectivity index (χ2v) is 11.1. The minimum absolute atomic E-state index is 0.0238. The summed E-state index contributed by atoms with van der Waals surface area (Å²) >= 11 is 0. The fourth-order valence-corrected chi connectivity index (χ4v) is 4.29. The average molecular weight is 519 g/mol. The molecule has 9 heteroatoms. The highest BCUT2D eigenvalue weighted by atomic mass is 16.6. The third-order valence-electron chi connectivity index (χ3n) is 5.68. The van der Waals surface area contributed by atoms with Gasteiger partial charge in [-0.1, -0.05) is 42.7 Å². The number of alkyl carbamates (subject to hydrolysis) is 1. The van der Waals surface area contributed by atoms with E-state index in [9.17, 15) is 19.2 Å². The number of hydrogen-bond acceptors (Lipinski definition) is 5. The van der Waals surface area contributed by atoms with Crippen molar-refractivity contribution in [1.82, 2.24) is 15.5 Å². The summed E-state index contributed by atoms with van der Waals surface area (Å²) in [6.45, 7) is 16.6. The molecule has 0 spiro atoms. The van der Waals surface area contributed by atoms with Crippen LogP contribution in [-0.4, -0.2) is 52.4 Å². The van der Waals surface area contributed by atoms with Crippen LogP contribution in [0.2, 0.25) is 0 Å². The lowest BCUT2D eigenvalue weighted by atomic mass is 9.96. The number of hydrogen-bond donors (Lipinski definition) is 3. The van der Waals surface area contributed by atoms with Gasteiger partial charge >= 0.3 is 6.09 Å². The predicted molar refractivity (Wildman–Crippen MR) is 145 cm³/mol. The SMILES string of the molecule is CCCC(C)NC(=O)C(c1cc(C)cc(C)c1)N(C(=O)C(CCC(N)=O)NC(=O)OC(C)(C)C)C(C)C. The number of carbonyl (C=O) groups excluding carboxylic acids is 4. The first kappa shape index (κ1) is 31.9. The van der Waals surface area contributed by atoms with Crippen LogP contribution in [0.1, 0.15) is 96.9 Å². The third-order valence-corrected chi connectivity index (χ3v) is 5.68. The average Bonchev–Trinajstić information content (AvgIpc) is 2.71. The van der Waals surface area contributed by atoms with Crippen LogP contribution < -0.4 is 16.4 Å². The first-order valence-corrected chi connectivity index (χ1v) is 13.0. The maximum atomic E-state index is 14.0. The van der Waals surface area contributed by atoms with Crippen LogP contribution in [0.15, 0.2) is 18.2 Å². The third kappa shape index (κ3) is 10.8. The van der Waals surface area contributed by atoms with Crippen molar-refractivity contribution in [3.05, 3.63) is 34.9 Å². The van der Waals surface area contributed by atoms with E-state index >= 15 is 0 Å². The minimum atomic E-state index is -1.11. The summed E-state index contributed by atoms with van der Waals surface area (Å²) in [4.78, 5) is 53.4. The molecule has 9 nitrogen and oxygen atoms in total. The van der Waals surface area contributed by atoms with Crippen molar-refractivity contribution < 1.29 is 23.9 Å². The summed E-state index contributed by atoms with van der Waals surface area (Å²) in [5.41, 5.74) is 7.17. The monoisotopic (exact) mass is 518 g/mol. The molecule has 3 unspecified atom stereocenters. The lowest BCUT2D eigenvalue weighted by molar-refractivity contribution is -0.145. The lowest BCUT2D eigenvalue weighted by Gasteiger charge is -2.38. The number of nitrogens with zero attached hydrogens (tertiary/aromatic N) is 1. The van der Waals surface area contributed by atoms with E-state index in [2.05, 4.69) is 10.6 Å². The van der Waals surface area contributed by atoms with E-state index in [1.807, 2.05) is 59.7 Å². The van der Waals surface area contributed by atoms with Gasteiger partial charge in [0.25, 0.3) is 0 Å². The van der Waals surface area contributed by atoms with Gasteiger partial charge in [0.05, 0.1) is 0 Å². The van der Waals surface area contributed by atoms with Gasteiger partial charge in [-0.3, -0.25) is 14.4 Å². The Morgan fingerprint density at radius 1 is 0.973 bits per heavy atom. The second kappa shape index (κ2) is 14.0. The second-order valence-electron chi connectivity index (χ2n) is 11.1. The molecular formula is C28H46N4O5. The number of carbonyl (C=O) groups is 4. The van der Waals surface area contributed by atoms with E-state index in [1.54, 1.807) is 20.8 Å². The molecule has 0 fully saturated rings. The molecule has 1 aromatic rings. The van der Waals surface area contributed by atoms with Crippen LogP contribution in [0.4, 0.5) is 4.79 Å². The molecule has 3 atom stereocenters. The molecule has 0 radical (unpaired) electrons. The highest BCUT2D eigenvalue weighted by Crippen LogP contribution is 2.28. The molecular weight excluding hydrogens is 472 g/mol. The molecule has 0 saturated carbocycles. The summed E-state index contributed by atoms with van der Waals surface area (Å²) in [6.07, 6.45) is 0.763. The van der Waals surface area contributed by atoms with Gasteiger partial charge in [0.15, 0.2) is 0 Å². The molecule has 1 aromatic carbocycles. The fraction of sp³-hybridized carbons (Fsp3) is 0.643. The molecule has 1 rings (SSSR count). The molecule has 4 amide bonds. The highest BCUT2D eigenvalue weighted by Gasteiger charge is 2.38. The van der Waals surface area contributed by atoms with E-state index in [0.717, 1.165) is 24.0 Å². The Morgan fingerprint density at radius 2 is 1.54 bits per heavy atom. The van der Waals surface area contributed by atoms with E-state index in [4.69, 9.17) is 10.5 Å². The van der Waals surface area contributed by atoms with Crippen molar-refractivity contribution in [3.8, 4) is 0 Å². The van der Waals surface area contributed by atoms with Crippen molar-refractivity contribution in [2.75, 3.05) is 0 Å². The Kier molecular flexibility index (Phi) is 12.1. The van der Waals surface area contributed by atoms with Crippen molar-refractivity contribution in [2.45, 2.75) is 118 Å². The molecule has 0 heterocycles. The normalized spacial score (nSPS) is 13.9. The number of aryl methyl sites for hydroxylation is 2. The van der Waals surface area contributed by atoms with Gasteiger partial charge in [-0.05, 0) is 73.8 Å². The number of primary amides is 1. The van der Waals surface area contributed by atoms with Crippen LogP contribution in [0.3, 0.4) is 0 Å². The van der Waals surface area contributed by atoms with Gasteiger partial charge in [0, 0.05) is 18.5 Å². The quantitative estimate of drug-likeness (QED) is 0.384. The Morgan fingerprint density at radius 3 is 2.00 bits per heavy atom. The van der Waals surface area contributed by atoms with Crippen molar-refractivity contribution in [1.29, 1.82) is 0 Å². The number of ether oxygens (including phenoxy) is 1. The zero-order chi connectivity index (χ0) is 28.5. The summed E-state index contributed by atoms with van der Waals surface area (Å²) < 4.78 is 5.35. The molecule has 0 aromatic heterocycles. The van der Waals surface area contributed by atoms with Gasteiger partial charge in [-0.15, -0.1) is 0 Å². The highest BCUT2D eigenvalue weighted by molar-refractivity contribution is 5.92. The van der Waals surface area contributed by atoms with Crippen LogP contribution in [0.5, 0.6) is 0 Å². The fourth-order valence-electron chi connectivity index (χ4n) is 4.29. The van der Waals surface area contributed by atoms with Gasteiger partial charge in [0.1, 0.15) is 17.7 Å². The van der Waals surface area contributed by atoms with Gasteiger partial charge in [-0.2, -0.15) is 0 Å². The Balaban J connectivity index is 3.54. The van der Waals surface area contributed by atoms with E-state index in [1.165, 1.54) is 4.90 Å².